The fourth-order valence-electron chi connectivity index (χ4n) is 16.7. The topological polar surface area (TPSA) is 170 Å². The van der Waals surface area contributed by atoms with Crippen LogP contribution in [0.2, 0.25) is 10.0 Å². The summed E-state index contributed by atoms with van der Waals surface area (Å²) in [5, 5.41) is 0.0711. The average molecular weight is 1250 g/mol. The molecule has 6 aliphatic carbocycles. The first-order valence-electron chi connectivity index (χ1n) is 31.4. The Hall–Kier alpha value is -5.10. The number of methoxy groups -OCH3 is 2. The molecule has 14 atom stereocenters. The van der Waals surface area contributed by atoms with E-state index in [1.54, 1.807) is 40.2 Å². The number of sulfonamides is 2. The third-order valence-electron chi connectivity index (χ3n) is 22.6. The van der Waals surface area contributed by atoms with E-state index in [2.05, 4.69) is 55.7 Å². The third-order valence-corrected chi connectivity index (χ3v) is 26.8. The van der Waals surface area contributed by atoms with Crippen molar-refractivity contribution in [3.63, 3.8) is 0 Å². The summed E-state index contributed by atoms with van der Waals surface area (Å²) in [5.41, 5.74) is 9.60. The van der Waals surface area contributed by atoms with Crippen molar-refractivity contribution < 1.29 is 45.4 Å². The van der Waals surface area contributed by atoms with Crippen LogP contribution in [0.25, 0.3) is 0 Å². The Morgan fingerprint density at radius 2 is 0.977 bits per heavy atom. The summed E-state index contributed by atoms with van der Waals surface area (Å²) in [7, 11) is -4.17. The Morgan fingerprint density at radius 1 is 0.570 bits per heavy atom. The lowest BCUT2D eigenvalue weighted by atomic mass is 9.64. The molecule has 4 aromatic carbocycles. The monoisotopic (exact) mass is 1250 g/mol. The zero-order chi connectivity index (χ0) is 60.2. The number of nitrogens with one attached hydrogen (secondary N) is 2. The number of aryl methyl sites for hydroxylation is 2. The normalized spacial score (nSPS) is 34.7. The van der Waals surface area contributed by atoms with Gasteiger partial charge < -0.3 is 28.7 Å². The van der Waals surface area contributed by atoms with Crippen LogP contribution in [0, 0.1) is 47.3 Å². The van der Waals surface area contributed by atoms with Crippen LogP contribution in [-0.4, -0.2) is 105 Å². The Labute approximate surface area is 518 Å². The molecular weight excluding hydrogens is 1170 g/mol. The number of carbonyl (C=O) groups excluding carboxylic acids is 2. The molecule has 12 aliphatic rings. The predicted octanol–water partition coefficient (Wildman–Crippen LogP) is 11.8. The van der Waals surface area contributed by atoms with Crippen molar-refractivity contribution in [2.75, 3.05) is 63.4 Å². The van der Waals surface area contributed by atoms with E-state index in [1.807, 2.05) is 50.2 Å². The highest BCUT2D eigenvalue weighted by atomic mass is 35.5. The minimum absolute atomic E-state index is 0.0438. The number of rotatable bonds is 2. The Morgan fingerprint density at radius 3 is 1.35 bits per heavy atom. The molecule has 14 nitrogen and oxygen atoms in total. The largest absolute Gasteiger partial charge is 0.490 e. The number of fused-ring (bicyclic) bond motifs is 12. The van der Waals surface area contributed by atoms with Gasteiger partial charge in [-0.1, -0.05) is 61.3 Å². The molecule has 18 heteroatoms. The van der Waals surface area contributed by atoms with E-state index in [-0.39, 0.29) is 46.7 Å². The summed E-state index contributed by atoms with van der Waals surface area (Å²) in [6.45, 7) is 11.5. The number of allylic oxidation sites excluding steroid dienone is 2. The summed E-state index contributed by atoms with van der Waals surface area (Å²) >= 11 is 12.8. The summed E-state index contributed by atoms with van der Waals surface area (Å²) in [6.07, 6.45) is 16.8. The molecule has 2 spiro atoms. The zero-order valence-corrected chi connectivity index (χ0v) is 53.4. The molecular formula is C68H82Cl2N4O10S2. The molecule has 2 amide bonds. The van der Waals surface area contributed by atoms with Gasteiger partial charge in [0.25, 0.3) is 11.8 Å². The molecule has 6 heterocycles. The lowest BCUT2D eigenvalue weighted by Crippen LogP contribution is -2.50. The average Bonchev–Trinajstić information content (AvgIpc) is 1.92. The standard InChI is InChI=1S/2C34H41ClN2O5S/c2*1-20-21(2)43(39,40)36-33(38)23-7-11-31-30(16-23)37(17-24-6-9-28(24)32(41-3)26-13-25(20)14-26)18-34(19-42-31)12-4-5-22-15-27(35)8-10-29(22)34/h2*7-8,10-11,13,15-16,20-21,24-25,28,32H,4-6,9,12,14,17-19H2,1-3H3,(H,36,38)/t20-,21-,24+,25+,28-,32+,34+;20-,21-,24+,25-,28-,32+,34+/m11/s1. The van der Waals surface area contributed by atoms with E-state index in [4.69, 9.17) is 42.1 Å². The number of hydrogen-bond acceptors (Lipinski definition) is 12. The van der Waals surface area contributed by atoms with Gasteiger partial charge in [-0.3, -0.25) is 9.59 Å². The van der Waals surface area contributed by atoms with Gasteiger partial charge in [-0.05, 0) is 232 Å². The maximum Gasteiger partial charge on any atom is 0.264 e. The second-order valence-electron chi connectivity index (χ2n) is 27.2. The maximum absolute atomic E-state index is 13.4. The lowest BCUT2D eigenvalue weighted by molar-refractivity contribution is -0.000532. The van der Waals surface area contributed by atoms with Crippen LogP contribution < -0.4 is 28.7 Å². The van der Waals surface area contributed by atoms with Gasteiger partial charge in [0.1, 0.15) is 11.5 Å². The van der Waals surface area contributed by atoms with Gasteiger partial charge >= 0.3 is 0 Å². The molecule has 8 bridgehead atoms. The van der Waals surface area contributed by atoms with Crippen molar-refractivity contribution in [2.24, 2.45) is 47.3 Å². The number of ether oxygens (including phenoxy) is 4. The number of benzene rings is 4. The number of halogens is 2. The van der Waals surface area contributed by atoms with E-state index >= 15 is 0 Å². The fourth-order valence-corrected chi connectivity index (χ4v) is 19.7. The van der Waals surface area contributed by atoms with Crippen molar-refractivity contribution in [1.29, 1.82) is 0 Å². The molecule has 460 valence electrons. The molecule has 16 rings (SSSR count). The smallest absolute Gasteiger partial charge is 0.264 e. The SMILES string of the molecule is CO[C@H]1C2=C[C@@H](C2)[C@H](C)[C@@H](C)S(=O)(=O)NC(=O)c2ccc3c(c2)N(C[C@@H]2CC[C@H]21)C[C@@]1(CCCc2cc(Cl)ccc21)CO3.CO[C@H]1C2=C[C@H](C2)[C@H](C)[C@@H](C)S(=O)(=O)NC(=O)c2ccc3c(c2)N(C[C@@H]2CC[C@H]21)C[C@@]1(CCCc2cc(Cl)ccc21)CO3. The molecule has 0 radical (unpaired) electrons. The van der Waals surface area contributed by atoms with E-state index in [0.717, 1.165) is 136 Å². The van der Waals surface area contributed by atoms with Gasteiger partial charge in [0.2, 0.25) is 20.0 Å². The van der Waals surface area contributed by atoms with Crippen molar-refractivity contribution in [3.05, 3.63) is 140 Å². The first-order chi connectivity index (χ1) is 41.2. The first kappa shape index (κ1) is 59.8. The van der Waals surface area contributed by atoms with E-state index in [0.29, 0.717) is 48.0 Å². The van der Waals surface area contributed by atoms with Crippen LogP contribution in [0.4, 0.5) is 11.4 Å². The fraction of sp³-hybridized carbons (Fsp3) is 0.559. The Balaban J connectivity index is 0.000000160. The number of anilines is 2. The highest BCUT2D eigenvalue weighted by molar-refractivity contribution is 7.91. The summed E-state index contributed by atoms with van der Waals surface area (Å²) in [5.74, 6) is 1.95. The molecule has 0 unspecified atom stereocenters. The van der Waals surface area contributed by atoms with E-state index < -0.39 is 42.4 Å². The van der Waals surface area contributed by atoms with Crippen molar-refractivity contribution in [1.82, 2.24) is 9.44 Å². The number of carbonyl (C=O) groups is 2. The van der Waals surface area contributed by atoms with E-state index in [1.165, 1.54) is 33.4 Å². The van der Waals surface area contributed by atoms with Gasteiger partial charge in [0, 0.05) is 72.4 Å². The van der Waals surface area contributed by atoms with Crippen LogP contribution in [0.15, 0.2) is 96.1 Å². The Bertz CT molecular complexity index is 3420. The van der Waals surface area contributed by atoms with Gasteiger partial charge in [0.05, 0.1) is 47.3 Å². The zero-order valence-electron chi connectivity index (χ0n) is 50.3. The predicted molar refractivity (Wildman–Crippen MR) is 337 cm³/mol. The Kier molecular flexibility index (Phi) is 16.0. The van der Waals surface area contributed by atoms with Crippen molar-refractivity contribution in [2.45, 2.75) is 138 Å². The number of amides is 2. The summed E-state index contributed by atoms with van der Waals surface area (Å²) in [6, 6.07) is 23.2. The van der Waals surface area contributed by atoms with Crippen LogP contribution in [0.3, 0.4) is 0 Å². The molecule has 0 aromatic heterocycles. The minimum Gasteiger partial charge on any atom is -0.490 e. The second kappa shape index (κ2) is 23.0. The minimum atomic E-state index is -3.89. The van der Waals surface area contributed by atoms with Crippen LogP contribution in [0.1, 0.15) is 135 Å². The molecule has 86 heavy (non-hydrogen) atoms. The van der Waals surface area contributed by atoms with Crippen LogP contribution in [0.5, 0.6) is 11.5 Å². The van der Waals surface area contributed by atoms with Crippen LogP contribution in [-0.2, 0) is 53.2 Å². The van der Waals surface area contributed by atoms with Crippen LogP contribution >= 0.6 is 23.2 Å². The quantitative estimate of drug-likeness (QED) is 0.182. The second-order valence-corrected chi connectivity index (χ2v) is 32.1. The first-order valence-corrected chi connectivity index (χ1v) is 35.2. The maximum atomic E-state index is 13.4. The molecule has 0 saturated heterocycles. The number of hydrogen-bond donors (Lipinski definition) is 2. The highest BCUT2D eigenvalue weighted by Crippen LogP contribution is 2.52. The molecule has 2 fully saturated rings. The highest BCUT2D eigenvalue weighted by Gasteiger charge is 2.50. The summed E-state index contributed by atoms with van der Waals surface area (Å²) in [4.78, 5) is 31.7. The van der Waals surface area contributed by atoms with Crippen molar-refractivity contribution >= 4 is 66.4 Å². The summed E-state index contributed by atoms with van der Waals surface area (Å²) < 4.78 is 83.7. The lowest BCUT2D eigenvalue weighted by Gasteiger charge is -2.48. The van der Waals surface area contributed by atoms with Gasteiger partial charge in [0.15, 0.2) is 0 Å². The molecule has 2 N–H and O–H groups in total. The number of nitrogens with zero attached hydrogens (tertiary/aromatic N) is 2. The van der Waals surface area contributed by atoms with Gasteiger partial charge in [-0.15, -0.1) is 0 Å². The van der Waals surface area contributed by atoms with Gasteiger partial charge in [-0.25, -0.2) is 26.3 Å². The molecule has 4 aromatic rings. The van der Waals surface area contributed by atoms with Gasteiger partial charge in [-0.2, -0.15) is 0 Å². The van der Waals surface area contributed by atoms with E-state index in [9.17, 15) is 26.4 Å². The molecule has 2 saturated carbocycles. The molecule has 6 aliphatic heterocycles. The third kappa shape index (κ3) is 10.8. The van der Waals surface area contributed by atoms with Crippen molar-refractivity contribution in [3.8, 4) is 11.5 Å².